The van der Waals surface area contributed by atoms with Gasteiger partial charge in [-0.05, 0) is 43.4 Å². The first-order valence-electron chi connectivity index (χ1n) is 8.05. The fraction of sp³-hybridized carbons (Fsp3) is 0.667. The van der Waals surface area contributed by atoms with E-state index in [9.17, 15) is 0 Å². The Bertz CT molecular complexity index is 421. The van der Waals surface area contributed by atoms with Crippen molar-refractivity contribution in [3.05, 3.63) is 34.9 Å². The van der Waals surface area contributed by atoms with Gasteiger partial charge >= 0.3 is 0 Å². The predicted octanol–water partition coefficient (Wildman–Crippen LogP) is 3.51. The van der Waals surface area contributed by atoms with E-state index >= 15 is 0 Å². The second-order valence-electron chi connectivity index (χ2n) is 6.55. The smallest absolute Gasteiger partial charge is 0.0243 e. The van der Waals surface area contributed by atoms with Crippen LogP contribution >= 0.6 is 0 Å². The molecular weight excluding hydrogens is 244 g/mol. The molecule has 1 aromatic rings. The van der Waals surface area contributed by atoms with Gasteiger partial charge in [0.05, 0.1) is 0 Å². The number of hydrogen-bond donors (Lipinski definition) is 1. The second kappa shape index (κ2) is 6.73. The zero-order chi connectivity index (χ0) is 14.7. The lowest BCUT2D eigenvalue weighted by atomic mass is 9.94. The molecule has 0 aromatic heterocycles. The first kappa shape index (κ1) is 15.5. The highest BCUT2D eigenvalue weighted by Gasteiger charge is 2.28. The zero-order valence-corrected chi connectivity index (χ0v) is 13.7. The summed E-state index contributed by atoms with van der Waals surface area (Å²) in [6.45, 7) is 14.8. The van der Waals surface area contributed by atoms with Crippen LogP contribution in [0, 0.1) is 19.8 Å². The number of nitrogens with one attached hydrogen (secondary N) is 1. The number of nitrogens with zero attached hydrogens (tertiary/aromatic N) is 1. The lowest BCUT2D eigenvalue weighted by molar-refractivity contribution is 0.111. The van der Waals surface area contributed by atoms with Gasteiger partial charge in [-0.3, -0.25) is 4.90 Å². The molecule has 1 aromatic carbocycles. The van der Waals surface area contributed by atoms with Gasteiger partial charge in [0.15, 0.2) is 0 Å². The SMILES string of the molecule is CCC(C)C1CN(Cc2c(C)cccc2C)C(C)CN1. The van der Waals surface area contributed by atoms with Crippen LogP contribution < -0.4 is 5.32 Å². The van der Waals surface area contributed by atoms with Gasteiger partial charge in [-0.1, -0.05) is 38.5 Å². The quantitative estimate of drug-likeness (QED) is 0.904. The van der Waals surface area contributed by atoms with E-state index in [0.29, 0.717) is 12.1 Å². The molecule has 0 saturated carbocycles. The molecule has 3 atom stereocenters. The van der Waals surface area contributed by atoms with E-state index < -0.39 is 0 Å². The molecule has 1 aliphatic rings. The van der Waals surface area contributed by atoms with Crippen LogP contribution in [0.5, 0.6) is 0 Å². The van der Waals surface area contributed by atoms with E-state index in [1.807, 2.05) is 0 Å². The molecule has 0 amide bonds. The Kier molecular flexibility index (Phi) is 5.22. The monoisotopic (exact) mass is 274 g/mol. The molecule has 1 fully saturated rings. The highest BCUT2D eigenvalue weighted by molar-refractivity contribution is 5.33. The van der Waals surface area contributed by atoms with Gasteiger partial charge in [0.25, 0.3) is 0 Å². The van der Waals surface area contributed by atoms with Crippen LogP contribution in [0.3, 0.4) is 0 Å². The summed E-state index contributed by atoms with van der Waals surface area (Å²) < 4.78 is 0. The number of hydrogen-bond acceptors (Lipinski definition) is 2. The van der Waals surface area contributed by atoms with Crippen LogP contribution in [-0.4, -0.2) is 30.1 Å². The van der Waals surface area contributed by atoms with Gasteiger partial charge in [-0.25, -0.2) is 0 Å². The maximum atomic E-state index is 3.72. The molecule has 2 rings (SSSR count). The normalized spacial score (nSPS) is 25.6. The van der Waals surface area contributed by atoms with E-state index in [1.165, 1.54) is 29.7 Å². The van der Waals surface area contributed by atoms with Crippen molar-refractivity contribution in [3.63, 3.8) is 0 Å². The van der Waals surface area contributed by atoms with E-state index in [4.69, 9.17) is 0 Å². The molecule has 3 unspecified atom stereocenters. The third-order valence-electron chi connectivity index (χ3n) is 5.07. The van der Waals surface area contributed by atoms with Gasteiger partial charge in [-0.2, -0.15) is 0 Å². The second-order valence-corrected chi connectivity index (χ2v) is 6.55. The van der Waals surface area contributed by atoms with Crippen molar-refractivity contribution in [2.75, 3.05) is 13.1 Å². The topological polar surface area (TPSA) is 15.3 Å². The molecule has 0 radical (unpaired) electrons. The van der Waals surface area contributed by atoms with Gasteiger partial charge in [0.1, 0.15) is 0 Å². The molecule has 20 heavy (non-hydrogen) atoms. The van der Waals surface area contributed by atoms with Gasteiger partial charge in [0, 0.05) is 31.7 Å². The minimum atomic E-state index is 0.620. The van der Waals surface area contributed by atoms with Crippen LogP contribution in [0.25, 0.3) is 0 Å². The fourth-order valence-corrected chi connectivity index (χ4v) is 3.14. The number of piperazine rings is 1. The zero-order valence-electron chi connectivity index (χ0n) is 13.7. The molecule has 0 spiro atoms. The summed E-state index contributed by atoms with van der Waals surface area (Å²) in [5.41, 5.74) is 4.37. The molecule has 1 saturated heterocycles. The molecule has 0 bridgehead atoms. The highest BCUT2D eigenvalue weighted by Crippen LogP contribution is 2.21. The average molecular weight is 274 g/mol. The number of aryl methyl sites for hydroxylation is 2. The highest BCUT2D eigenvalue weighted by atomic mass is 15.2. The van der Waals surface area contributed by atoms with Crippen molar-refractivity contribution in [2.24, 2.45) is 5.92 Å². The number of benzene rings is 1. The lowest BCUT2D eigenvalue weighted by Gasteiger charge is -2.41. The van der Waals surface area contributed by atoms with Crippen molar-refractivity contribution in [2.45, 2.75) is 59.7 Å². The summed E-state index contributed by atoms with van der Waals surface area (Å²) in [6.07, 6.45) is 1.25. The van der Waals surface area contributed by atoms with Gasteiger partial charge in [-0.15, -0.1) is 0 Å². The van der Waals surface area contributed by atoms with E-state index in [0.717, 1.165) is 19.0 Å². The summed E-state index contributed by atoms with van der Waals surface area (Å²) >= 11 is 0. The van der Waals surface area contributed by atoms with E-state index in [1.54, 1.807) is 0 Å². The molecule has 2 heteroatoms. The fourth-order valence-electron chi connectivity index (χ4n) is 3.14. The Hall–Kier alpha value is -0.860. The maximum absolute atomic E-state index is 3.72. The van der Waals surface area contributed by atoms with Gasteiger partial charge in [0.2, 0.25) is 0 Å². The third kappa shape index (κ3) is 3.42. The Balaban J connectivity index is 2.10. The molecular formula is C18H30N2. The predicted molar refractivity (Wildman–Crippen MR) is 87.0 cm³/mol. The molecule has 1 heterocycles. The van der Waals surface area contributed by atoms with E-state index in [2.05, 4.69) is 63.0 Å². The number of rotatable bonds is 4. The van der Waals surface area contributed by atoms with Crippen LogP contribution in [0.15, 0.2) is 18.2 Å². The van der Waals surface area contributed by atoms with Crippen LogP contribution in [0.1, 0.15) is 43.9 Å². The molecule has 112 valence electrons. The minimum absolute atomic E-state index is 0.620. The molecule has 2 nitrogen and oxygen atoms in total. The van der Waals surface area contributed by atoms with Gasteiger partial charge < -0.3 is 5.32 Å². The largest absolute Gasteiger partial charge is 0.311 e. The van der Waals surface area contributed by atoms with E-state index in [-0.39, 0.29) is 0 Å². The Morgan fingerprint density at radius 2 is 1.95 bits per heavy atom. The van der Waals surface area contributed by atoms with Crippen molar-refractivity contribution in [3.8, 4) is 0 Å². The van der Waals surface area contributed by atoms with Crippen molar-refractivity contribution in [1.29, 1.82) is 0 Å². The van der Waals surface area contributed by atoms with Crippen LogP contribution in [0.2, 0.25) is 0 Å². The maximum Gasteiger partial charge on any atom is 0.0243 e. The Morgan fingerprint density at radius 1 is 1.30 bits per heavy atom. The summed E-state index contributed by atoms with van der Waals surface area (Å²) in [4.78, 5) is 2.66. The standard InChI is InChI=1S/C18H30N2/c1-6-13(2)18-12-20(16(5)10-19-18)11-17-14(3)8-7-9-15(17)4/h7-9,13,16,18-19H,6,10-12H2,1-5H3. The van der Waals surface area contributed by atoms with Crippen molar-refractivity contribution < 1.29 is 0 Å². The summed E-state index contributed by atoms with van der Waals surface area (Å²) in [6, 6.07) is 7.90. The molecule has 1 aliphatic heterocycles. The Morgan fingerprint density at radius 3 is 2.55 bits per heavy atom. The first-order chi connectivity index (χ1) is 9.52. The van der Waals surface area contributed by atoms with Crippen LogP contribution in [-0.2, 0) is 6.54 Å². The Labute approximate surface area is 124 Å². The lowest BCUT2D eigenvalue weighted by Crippen LogP contribution is -2.57. The third-order valence-corrected chi connectivity index (χ3v) is 5.07. The summed E-state index contributed by atoms with van der Waals surface area (Å²) in [5, 5.41) is 3.72. The minimum Gasteiger partial charge on any atom is -0.311 e. The van der Waals surface area contributed by atoms with Crippen molar-refractivity contribution >= 4 is 0 Å². The average Bonchev–Trinajstić information content (AvgIpc) is 2.44. The summed E-state index contributed by atoms with van der Waals surface area (Å²) in [5.74, 6) is 0.753. The van der Waals surface area contributed by atoms with Crippen molar-refractivity contribution in [1.82, 2.24) is 10.2 Å². The summed E-state index contributed by atoms with van der Waals surface area (Å²) in [7, 11) is 0. The van der Waals surface area contributed by atoms with Crippen LogP contribution in [0.4, 0.5) is 0 Å². The molecule has 1 N–H and O–H groups in total. The molecule has 0 aliphatic carbocycles. The first-order valence-corrected chi connectivity index (χ1v) is 8.05.